The van der Waals surface area contributed by atoms with Crippen molar-refractivity contribution in [1.82, 2.24) is 0 Å². The van der Waals surface area contributed by atoms with Crippen molar-refractivity contribution in [1.29, 1.82) is 0 Å². The van der Waals surface area contributed by atoms with Gasteiger partial charge in [0.05, 0.1) is 5.56 Å². The molecular weight excluding hydrogens is 370 g/mol. The van der Waals surface area contributed by atoms with Gasteiger partial charge in [-0.2, -0.15) is 0 Å². The minimum atomic E-state index is -0.895. The summed E-state index contributed by atoms with van der Waals surface area (Å²) in [5, 5.41) is 2.87. The van der Waals surface area contributed by atoms with E-state index in [1.165, 1.54) is 0 Å². The van der Waals surface area contributed by atoms with Crippen LogP contribution in [0, 0.1) is 6.92 Å². The first-order valence-electron chi connectivity index (χ1n) is 7.79. The molecule has 126 valence electrons. The average molecular weight is 390 g/mol. The molecule has 0 saturated heterocycles. The monoisotopic (exact) mass is 389 g/mol. The summed E-state index contributed by atoms with van der Waals surface area (Å²) in [6.45, 7) is 5.53. The van der Waals surface area contributed by atoms with Gasteiger partial charge < -0.3 is 10.1 Å². The second-order valence-electron chi connectivity index (χ2n) is 5.48. The Labute approximate surface area is 150 Å². The van der Waals surface area contributed by atoms with Crippen molar-refractivity contribution in [3.63, 3.8) is 0 Å². The molecular formula is C19H20BrNO3. The number of nitrogens with one attached hydrogen (secondary N) is 1. The van der Waals surface area contributed by atoms with Crippen LogP contribution in [0.5, 0.6) is 0 Å². The van der Waals surface area contributed by atoms with Gasteiger partial charge in [0.2, 0.25) is 0 Å². The number of hydrogen-bond donors (Lipinski definition) is 1. The van der Waals surface area contributed by atoms with Crippen molar-refractivity contribution in [2.75, 3.05) is 5.32 Å². The van der Waals surface area contributed by atoms with Crippen LogP contribution in [0.1, 0.15) is 35.3 Å². The highest BCUT2D eigenvalue weighted by atomic mass is 79.9. The Bertz CT molecular complexity index is 758. The molecule has 24 heavy (non-hydrogen) atoms. The van der Waals surface area contributed by atoms with Crippen LogP contribution in [0.2, 0.25) is 0 Å². The summed E-state index contributed by atoms with van der Waals surface area (Å²) in [6, 6.07) is 12.8. The van der Waals surface area contributed by atoms with Crippen molar-refractivity contribution < 1.29 is 14.3 Å². The summed E-state index contributed by atoms with van der Waals surface area (Å²) in [7, 11) is 0. The fourth-order valence-electron chi connectivity index (χ4n) is 2.33. The van der Waals surface area contributed by atoms with E-state index in [0.29, 0.717) is 10.0 Å². The van der Waals surface area contributed by atoms with Crippen molar-refractivity contribution in [3.05, 3.63) is 63.6 Å². The zero-order valence-corrected chi connectivity index (χ0v) is 15.5. The molecule has 0 spiro atoms. The average Bonchev–Trinajstić information content (AvgIpc) is 2.56. The third-order valence-electron chi connectivity index (χ3n) is 3.73. The highest BCUT2D eigenvalue weighted by Gasteiger charge is 2.21. The fraction of sp³-hybridized carbons (Fsp3) is 0.263. The number of hydrogen-bond acceptors (Lipinski definition) is 3. The number of halogens is 1. The number of aryl methyl sites for hydroxylation is 2. The minimum absolute atomic E-state index is 0.348. The summed E-state index contributed by atoms with van der Waals surface area (Å²) in [4.78, 5) is 24.6. The molecule has 0 fully saturated rings. The van der Waals surface area contributed by atoms with E-state index in [-0.39, 0.29) is 5.91 Å². The molecule has 1 atom stereocenters. The van der Waals surface area contributed by atoms with Crippen LogP contribution in [0.3, 0.4) is 0 Å². The maximum absolute atomic E-state index is 12.4. The summed E-state index contributed by atoms with van der Waals surface area (Å²) < 4.78 is 5.92. The second kappa shape index (κ2) is 8.11. The third kappa shape index (κ3) is 4.23. The first-order valence-corrected chi connectivity index (χ1v) is 8.58. The van der Waals surface area contributed by atoms with E-state index >= 15 is 0 Å². The molecule has 2 aromatic rings. The van der Waals surface area contributed by atoms with E-state index in [0.717, 1.165) is 23.2 Å². The molecule has 0 radical (unpaired) electrons. The normalized spacial score (nSPS) is 11.7. The van der Waals surface area contributed by atoms with E-state index in [4.69, 9.17) is 4.74 Å². The predicted molar refractivity (Wildman–Crippen MR) is 98.2 cm³/mol. The van der Waals surface area contributed by atoms with Crippen LogP contribution >= 0.6 is 15.9 Å². The SMILES string of the molecule is CCc1cccc(C)c1NC(=O)C(C)OC(=O)c1ccccc1Br. The van der Waals surface area contributed by atoms with Gasteiger partial charge in [0, 0.05) is 10.2 Å². The van der Waals surface area contributed by atoms with Gasteiger partial charge in [0.1, 0.15) is 0 Å². The maximum Gasteiger partial charge on any atom is 0.340 e. The van der Waals surface area contributed by atoms with Gasteiger partial charge in [-0.3, -0.25) is 4.79 Å². The summed E-state index contributed by atoms with van der Waals surface area (Å²) in [5.41, 5.74) is 3.20. The molecule has 0 bridgehead atoms. The predicted octanol–water partition coefficient (Wildman–Crippen LogP) is 4.50. The summed E-state index contributed by atoms with van der Waals surface area (Å²) in [6.07, 6.45) is -0.0866. The van der Waals surface area contributed by atoms with Gasteiger partial charge in [-0.15, -0.1) is 0 Å². The molecule has 2 aromatic carbocycles. The van der Waals surface area contributed by atoms with Crippen LogP contribution in [-0.2, 0) is 16.0 Å². The lowest BCUT2D eigenvalue weighted by molar-refractivity contribution is -0.123. The zero-order chi connectivity index (χ0) is 17.7. The van der Waals surface area contributed by atoms with Crippen LogP contribution in [0.4, 0.5) is 5.69 Å². The highest BCUT2D eigenvalue weighted by molar-refractivity contribution is 9.10. The first-order chi connectivity index (χ1) is 11.4. The van der Waals surface area contributed by atoms with Crippen LogP contribution in [0.15, 0.2) is 46.9 Å². The maximum atomic E-state index is 12.4. The van der Waals surface area contributed by atoms with E-state index < -0.39 is 12.1 Å². The number of ether oxygens (including phenoxy) is 1. The Morgan fingerprint density at radius 3 is 2.54 bits per heavy atom. The molecule has 5 heteroatoms. The number of anilines is 1. The second-order valence-corrected chi connectivity index (χ2v) is 6.33. The summed E-state index contributed by atoms with van der Waals surface area (Å²) in [5.74, 6) is -0.884. The molecule has 0 aromatic heterocycles. The molecule has 1 amide bonds. The molecule has 0 saturated carbocycles. The van der Waals surface area contributed by atoms with E-state index in [9.17, 15) is 9.59 Å². The van der Waals surface area contributed by atoms with Crippen LogP contribution < -0.4 is 5.32 Å². The molecule has 1 unspecified atom stereocenters. The molecule has 0 heterocycles. The quantitative estimate of drug-likeness (QED) is 0.765. The van der Waals surface area contributed by atoms with Crippen molar-refractivity contribution in [2.24, 2.45) is 0 Å². The lowest BCUT2D eigenvalue weighted by Gasteiger charge is -2.17. The minimum Gasteiger partial charge on any atom is -0.449 e. The number of esters is 1. The van der Waals surface area contributed by atoms with Gasteiger partial charge in [-0.05, 0) is 59.5 Å². The van der Waals surface area contributed by atoms with Gasteiger partial charge in [-0.1, -0.05) is 37.3 Å². The number of amides is 1. The van der Waals surface area contributed by atoms with Crippen molar-refractivity contribution in [3.8, 4) is 0 Å². The molecule has 0 aliphatic rings. The molecule has 1 N–H and O–H groups in total. The number of para-hydroxylation sites is 1. The third-order valence-corrected chi connectivity index (χ3v) is 4.43. The smallest absolute Gasteiger partial charge is 0.340 e. The standard InChI is InChI=1S/C19H20BrNO3/c1-4-14-9-7-8-12(2)17(14)21-18(22)13(3)24-19(23)15-10-5-6-11-16(15)20/h5-11,13H,4H2,1-3H3,(H,21,22). The Morgan fingerprint density at radius 2 is 1.88 bits per heavy atom. The topological polar surface area (TPSA) is 55.4 Å². The number of carbonyl (C=O) groups excluding carboxylic acids is 2. The van der Waals surface area contributed by atoms with Gasteiger partial charge in [0.15, 0.2) is 6.10 Å². The number of benzene rings is 2. The van der Waals surface area contributed by atoms with Gasteiger partial charge in [-0.25, -0.2) is 4.79 Å². The van der Waals surface area contributed by atoms with Crippen LogP contribution in [-0.4, -0.2) is 18.0 Å². The lowest BCUT2D eigenvalue weighted by atomic mass is 10.1. The Kier molecular flexibility index (Phi) is 6.15. The van der Waals surface area contributed by atoms with E-state index in [1.54, 1.807) is 25.1 Å². The molecule has 0 aliphatic heterocycles. The largest absolute Gasteiger partial charge is 0.449 e. The van der Waals surface area contributed by atoms with Gasteiger partial charge >= 0.3 is 5.97 Å². The Morgan fingerprint density at radius 1 is 1.17 bits per heavy atom. The first kappa shape index (κ1) is 18.2. The summed E-state index contributed by atoms with van der Waals surface area (Å²) >= 11 is 3.30. The lowest BCUT2D eigenvalue weighted by Crippen LogP contribution is -2.30. The number of carbonyl (C=O) groups is 2. The molecule has 2 rings (SSSR count). The highest BCUT2D eigenvalue weighted by Crippen LogP contribution is 2.22. The van der Waals surface area contributed by atoms with Crippen molar-refractivity contribution in [2.45, 2.75) is 33.3 Å². The number of rotatable bonds is 5. The fourth-order valence-corrected chi connectivity index (χ4v) is 2.78. The van der Waals surface area contributed by atoms with Gasteiger partial charge in [0.25, 0.3) is 5.91 Å². The Hall–Kier alpha value is -2.14. The molecule has 0 aliphatic carbocycles. The van der Waals surface area contributed by atoms with Crippen LogP contribution in [0.25, 0.3) is 0 Å². The Balaban J connectivity index is 2.08. The zero-order valence-electron chi connectivity index (χ0n) is 13.9. The van der Waals surface area contributed by atoms with E-state index in [2.05, 4.69) is 21.2 Å². The van der Waals surface area contributed by atoms with E-state index in [1.807, 2.05) is 38.1 Å². The molecule has 4 nitrogen and oxygen atoms in total. The van der Waals surface area contributed by atoms with Crippen molar-refractivity contribution >= 4 is 33.5 Å².